The molecule has 2 heteroatoms. The minimum Gasteiger partial charge on any atom is -0.302 e. The van der Waals surface area contributed by atoms with Gasteiger partial charge < -0.3 is 4.90 Å². The van der Waals surface area contributed by atoms with E-state index in [-0.39, 0.29) is 0 Å². The van der Waals surface area contributed by atoms with Gasteiger partial charge in [0.15, 0.2) is 0 Å². The zero-order valence-corrected chi connectivity index (χ0v) is 22.2. The number of nitrogens with zero attached hydrogens (tertiary/aromatic N) is 2. The number of rotatable bonds is 9. The standard InChI is InChI=1S/C29H54N2/c1-8-26-24(19-31(25-13-14-25)21-29(26,9-2)22(3)4)17-27(5,6)28(7)15-10-16-30(20-28)18-23-11-12-23/h22-26H,8-21H2,1-7H3. The minimum atomic E-state index is 0.413. The van der Waals surface area contributed by atoms with E-state index in [9.17, 15) is 0 Å². The molecule has 4 unspecified atom stereocenters. The topological polar surface area (TPSA) is 6.48 Å². The van der Waals surface area contributed by atoms with E-state index in [4.69, 9.17) is 0 Å². The summed E-state index contributed by atoms with van der Waals surface area (Å²) in [6.07, 6.45) is 12.9. The third kappa shape index (κ3) is 4.77. The summed E-state index contributed by atoms with van der Waals surface area (Å²) < 4.78 is 0. The Morgan fingerprint density at radius 1 is 1.03 bits per heavy atom. The van der Waals surface area contributed by atoms with Gasteiger partial charge >= 0.3 is 0 Å². The SMILES string of the molecule is CCC1C(CC(C)(C)C2(C)CCCN(CC3CC3)C2)CN(C2CC2)CC1(CC)C(C)C. The van der Waals surface area contributed by atoms with Gasteiger partial charge in [-0.2, -0.15) is 0 Å². The lowest BCUT2D eigenvalue weighted by molar-refractivity contribution is -0.0894. The minimum absolute atomic E-state index is 0.413. The van der Waals surface area contributed by atoms with Crippen molar-refractivity contribution in [1.82, 2.24) is 9.80 Å². The summed E-state index contributed by atoms with van der Waals surface area (Å²) in [5, 5.41) is 0. The molecule has 2 aliphatic carbocycles. The van der Waals surface area contributed by atoms with Gasteiger partial charge in [0.2, 0.25) is 0 Å². The molecule has 4 fully saturated rings. The molecule has 2 heterocycles. The largest absolute Gasteiger partial charge is 0.302 e. The smallest absolute Gasteiger partial charge is 0.00967 e. The molecule has 0 radical (unpaired) electrons. The van der Waals surface area contributed by atoms with Crippen LogP contribution < -0.4 is 0 Å². The van der Waals surface area contributed by atoms with Gasteiger partial charge in [-0.3, -0.25) is 4.90 Å². The van der Waals surface area contributed by atoms with E-state index in [1.165, 1.54) is 90.5 Å². The first-order chi connectivity index (χ1) is 14.6. The molecule has 2 nitrogen and oxygen atoms in total. The van der Waals surface area contributed by atoms with Gasteiger partial charge in [0.25, 0.3) is 0 Å². The third-order valence-corrected chi connectivity index (χ3v) is 11.0. The van der Waals surface area contributed by atoms with Crippen LogP contribution in [0.25, 0.3) is 0 Å². The molecular formula is C29H54N2. The Kier molecular flexibility index (Phi) is 6.93. The van der Waals surface area contributed by atoms with E-state index < -0.39 is 0 Å². The fourth-order valence-electron chi connectivity index (χ4n) is 8.14. The first kappa shape index (κ1) is 24.1. The molecule has 2 saturated carbocycles. The van der Waals surface area contributed by atoms with Crippen LogP contribution >= 0.6 is 0 Å². The van der Waals surface area contributed by atoms with Crippen molar-refractivity contribution in [2.24, 2.45) is 39.9 Å². The highest BCUT2D eigenvalue weighted by atomic mass is 15.2. The number of hydrogen-bond acceptors (Lipinski definition) is 2. The lowest BCUT2D eigenvalue weighted by Gasteiger charge is -2.58. The molecule has 2 aliphatic heterocycles. The number of hydrogen-bond donors (Lipinski definition) is 0. The second-order valence-electron chi connectivity index (χ2n) is 13.6. The van der Waals surface area contributed by atoms with Crippen molar-refractivity contribution in [3.63, 3.8) is 0 Å². The van der Waals surface area contributed by atoms with Gasteiger partial charge in [-0.05, 0) is 97.8 Å². The van der Waals surface area contributed by atoms with E-state index in [1.54, 1.807) is 0 Å². The van der Waals surface area contributed by atoms with E-state index in [0.29, 0.717) is 16.2 Å². The van der Waals surface area contributed by atoms with Crippen LogP contribution in [0.1, 0.15) is 106 Å². The molecule has 180 valence electrons. The number of piperidine rings is 2. The Morgan fingerprint density at radius 2 is 1.74 bits per heavy atom. The van der Waals surface area contributed by atoms with Crippen molar-refractivity contribution in [3.8, 4) is 0 Å². The summed E-state index contributed by atoms with van der Waals surface area (Å²) in [6.45, 7) is 24.9. The predicted octanol–water partition coefficient (Wildman–Crippen LogP) is 7.09. The Labute approximate surface area is 194 Å². The second kappa shape index (κ2) is 8.94. The molecule has 31 heavy (non-hydrogen) atoms. The predicted molar refractivity (Wildman–Crippen MR) is 134 cm³/mol. The van der Waals surface area contributed by atoms with Crippen molar-refractivity contribution in [2.75, 3.05) is 32.7 Å². The van der Waals surface area contributed by atoms with Gasteiger partial charge in [0.05, 0.1) is 0 Å². The molecule has 0 N–H and O–H groups in total. The van der Waals surface area contributed by atoms with Gasteiger partial charge in [0.1, 0.15) is 0 Å². The van der Waals surface area contributed by atoms with Crippen molar-refractivity contribution >= 4 is 0 Å². The van der Waals surface area contributed by atoms with Crippen LogP contribution in [0.2, 0.25) is 0 Å². The molecular weight excluding hydrogens is 376 g/mol. The zero-order chi connectivity index (χ0) is 22.4. The highest BCUT2D eigenvalue weighted by Gasteiger charge is 2.53. The van der Waals surface area contributed by atoms with Crippen LogP contribution in [0.5, 0.6) is 0 Å². The summed E-state index contributed by atoms with van der Waals surface area (Å²) in [7, 11) is 0. The van der Waals surface area contributed by atoms with Gasteiger partial charge in [-0.1, -0.05) is 54.9 Å². The summed E-state index contributed by atoms with van der Waals surface area (Å²) >= 11 is 0. The summed E-state index contributed by atoms with van der Waals surface area (Å²) in [5.41, 5.74) is 1.39. The molecule has 0 aromatic rings. The van der Waals surface area contributed by atoms with Crippen LogP contribution in [0, 0.1) is 39.9 Å². The van der Waals surface area contributed by atoms with Gasteiger partial charge in [-0.25, -0.2) is 0 Å². The van der Waals surface area contributed by atoms with Crippen molar-refractivity contribution in [3.05, 3.63) is 0 Å². The molecule has 0 aromatic carbocycles. The Balaban J connectivity index is 1.54. The molecule has 0 spiro atoms. The molecule has 0 bridgehead atoms. The Bertz CT molecular complexity index is 604. The maximum absolute atomic E-state index is 2.96. The fourth-order valence-corrected chi connectivity index (χ4v) is 8.14. The molecule has 4 aliphatic rings. The van der Waals surface area contributed by atoms with Gasteiger partial charge in [0, 0.05) is 32.2 Å². The average Bonchev–Trinajstić information content (AvgIpc) is 3.60. The lowest BCUT2D eigenvalue weighted by atomic mass is 9.53. The molecule has 4 atom stereocenters. The second-order valence-corrected chi connectivity index (χ2v) is 13.6. The Hall–Kier alpha value is -0.0800. The normalized spacial score (nSPS) is 38.7. The summed E-state index contributed by atoms with van der Waals surface area (Å²) in [5.74, 6) is 3.57. The highest BCUT2D eigenvalue weighted by Crippen LogP contribution is 2.56. The van der Waals surface area contributed by atoms with Crippen molar-refractivity contribution in [1.29, 1.82) is 0 Å². The van der Waals surface area contributed by atoms with Crippen molar-refractivity contribution in [2.45, 2.75) is 112 Å². The number of likely N-dealkylation sites (tertiary alicyclic amines) is 2. The van der Waals surface area contributed by atoms with E-state index >= 15 is 0 Å². The first-order valence-corrected chi connectivity index (χ1v) is 14.1. The first-order valence-electron chi connectivity index (χ1n) is 14.1. The average molecular weight is 431 g/mol. The van der Waals surface area contributed by atoms with Gasteiger partial charge in [-0.15, -0.1) is 0 Å². The summed E-state index contributed by atoms with van der Waals surface area (Å²) in [6, 6.07) is 0.910. The quantitative estimate of drug-likeness (QED) is 0.385. The zero-order valence-electron chi connectivity index (χ0n) is 22.2. The van der Waals surface area contributed by atoms with Crippen LogP contribution in [0.4, 0.5) is 0 Å². The summed E-state index contributed by atoms with van der Waals surface area (Å²) in [4.78, 5) is 5.81. The Morgan fingerprint density at radius 3 is 2.29 bits per heavy atom. The van der Waals surface area contributed by atoms with E-state index in [1.807, 2.05) is 0 Å². The van der Waals surface area contributed by atoms with Crippen LogP contribution in [0.3, 0.4) is 0 Å². The maximum atomic E-state index is 2.96. The highest BCUT2D eigenvalue weighted by molar-refractivity contribution is 5.04. The van der Waals surface area contributed by atoms with Crippen molar-refractivity contribution < 1.29 is 0 Å². The third-order valence-electron chi connectivity index (χ3n) is 11.0. The fraction of sp³-hybridized carbons (Fsp3) is 1.00. The maximum Gasteiger partial charge on any atom is 0.00967 e. The van der Waals surface area contributed by atoms with Crippen LogP contribution in [-0.4, -0.2) is 48.6 Å². The molecule has 0 aromatic heterocycles. The molecule has 2 saturated heterocycles. The molecule has 4 rings (SSSR count). The monoisotopic (exact) mass is 430 g/mol. The van der Waals surface area contributed by atoms with Crippen LogP contribution in [0.15, 0.2) is 0 Å². The van der Waals surface area contributed by atoms with Crippen LogP contribution in [-0.2, 0) is 0 Å². The van der Waals surface area contributed by atoms with E-state index in [2.05, 4.69) is 58.3 Å². The molecule has 0 amide bonds. The lowest BCUT2D eigenvalue weighted by Crippen LogP contribution is -2.58. The van der Waals surface area contributed by atoms with E-state index in [0.717, 1.165) is 29.7 Å².